The van der Waals surface area contributed by atoms with Crippen LogP contribution >= 0.6 is 0 Å². The summed E-state index contributed by atoms with van der Waals surface area (Å²) in [5.41, 5.74) is 2.21. The van der Waals surface area contributed by atoms with E-state index in [0.717, 1.165) is 49.8 Å². The van der Waals surface area contributed by atoms with Crippen LogP contribution in [-0.4, -0.2) is 60.5 Å². The highest BCUT2D eigenvalue weighted by atomic mass is 16.5. The minimum Gasteiger partial charge on any atom is -0.497 e. The van der Waals surface area contributed by atoms with E-state index in [1.54, 1.807) is 19.4 Å². The zero-order chi connectivity index (χ0) is 17.6. The molecule has 1 saturated heterocycles. The molecule has 0 unspecified atom stereocenters. The maximum absolute atomic E-state index is 12.7. The smallest absolute Gasteiger partial charge is 0.272 e. The van der Waals surface area contributed by atoms with Crippen LogP contribution in [0.1, 0.15) is 17.4 Å². The number of anilines is 2. The van der Waals surface area contributed by atoms with Gasteiger partial charge in [0.2, 0.25) is 0 Å². The number of benzene rings is 1. The SMILES string of the molecule is CCN1CCN(C(=O)c2cc(Nc3cccc(OC)c3)ccn2)CC1. The predicted molar refractivity (Wildman–Crippen MR) is 98.5 cm³/mol. The van der Waals surface area contributed by atoms with Gasteiger partial charge in [-0.2, -0.15) is 0 Å². The van der Waals surface area contributed by atoms with E-state index in [4.69, 9.17) is 4.74 Å². The van der Waals surface area contributed by atoms with Crippen LogP contribution in [-0.2, 0) is 0 Å². The summed E-state index contributed by atoms with van der Waals surface area (Å²) in [5, 5.41) is 3.29. The van der Waals surface area contributed by atoms with E-state index in [9.17, 15) is 4.79 Å². The Labute approximate surface area is 148 Å². The lowest BCUT2D eigenvalue weighted by atomic mass is 10.2. The van der Waals surface area contributed by atoms with Gasteiger partial charge in [0, 0.05) is 49.8 Å². The number of rotatable bonds is 5. The summed E-state index contributed by atoms with van der Waals surface area (Å²) in [7, 11) is 1.64. The first-order chi connectivity index (χ1) is 12.2. The van der Waals surface area contributed by atoms with E-state index < -0.39 is 0 Å². The summed E-state index contributed by atoms with van der Waals surface area (Å²) >= 11 is 0. The Morgan fingerprint density at radius 2 is 1.92 bits per heavy atom. The van der Waals surface area contributed by atoms with Crippen molar-refractivity contribution in [2.75, 3.05) is 45.2 Å². The van der Waals surface area contributed by atoms with Crippen LogP contribution in [0.25, 0.3) is 0 Å². The van der Waals surface area contributed by atoms with E-state index >= 15 is 0 Å². The first-order valence-electron chi connectivity index (χ1n) is 8.58. The third-order valence-corrected chi connectivity index (χ3v) is 4.44. The molecule has 132 valence electrons. The molecule has 6 nitrogen and oxygen atoms in total. The molecule has 1 aliphatic rings. The van der Waals surface area contributed by atoms with Crippen LogP contribution in [0.3, 0.4) is 0 Å². The van der Waals surface area contributed by atoms with E-state index in [1.165, 1.54) is 0 Å². The number of aromatic nitrogens is 1. The molecule has 1 fully saturated rings. The van der Waals surface area contributed by atoms with Crippen molar-refractivity contribution >= 4 is 17.3 Å². The molecule has 1 amide bonds. The number of carbonyl (C=O) groups is 1. The van der Waals surface area contributed by atoms with Crippen molar-refractivity contribution < 1.29 is 9.53 Å². The number of piperazine rings is 1. The number of carbonyl (C=O) groups excluding carboxylic acids is 1. The van der Waals surface area contributed by atoms with Crippen LogP contribution in [0.4, 0.5) is 11.4 Å². The van der Waals surface area contributed by atoms with Crippen LogP contribution in [0.2, 0.25) is 0 Å². The number of hydrogen-bond donors (Lipinski definition) is 1. The van der Waals surface area contributed by atoms with Crippen LogP contribution in [0.15, 0.2) is 42.6 Å². The molecule has 0 spiro atoms. The predicted octanol–water partition coefficient (Wildman–Crippen LogP) is 2.61. The number of ether oxygens (including phenoxy) is 1. The number of nitrogens with zero attached hydrogens (tertiary/aromatic N) is 3. The third-order valence-electron chi connectivity index (χ3n) is 4.44. The second kappa shape index (κ2) is 7.98. The Kier molecular flexibility index (Phi) is 5.50. The van der Waals surface area contributed by atoms with Gasteiger partial charge in [0.15, 0.2) is 0 Å². The number of hydrogen-bond acceptors (Lipinski definition) is 5. The highest BCUT2D eigenvalue weighted by Gasteiger charge is 2.22. The molecule has 6 heteroatoms. The molecule has 2 heterocycles. The molecule has 1 aliphatic heterocycles. The van der Waals surface area contributed by atoms with E-state index in [-0.39, 0.29) is 5.91 Å². The molecule has 0 atom stereocenters. The monoisotopic (exact) mass is 340 g/mol. The Balaban J connectivity index is 1.69. The van der Waals surface area contributed by atoms with Crippen LogP contribution in [0.5, 0.6) is 5.75 Å². The second-order valence-electron chi connectivity index (χ2n) is 6.01. The molecule has 0 saturated carbocycles. The number of pyridine rings is 1. The molecule has 1 aromatic carbocycles. The second-order valence-corrected chi connectivity index (χ2v) is 6.01. The standard InChI is InChI=1S/C19H24N4O2/c1-3-22-9-11-23(12-10-22)19(24)18-14-16(7-8-20-18)21-15-5-4-6-17(13-15)25-2/h4-8,13-14H,3,9-12H2,1-2H3,(H,20,21). The van der Waals surface area contributed by atoms with Gasteiger partial charge in [0.25, 0.3) is 5.91 Å². The largest absolute Gasteiger partial charge is 0.497 e. The summed E-state index contributed by atoms with van der Waals surface area (Å²) in [6, 6.07) is 11.3. The summed E-state index contributed by atoms with van der Waals surface area (Å²) in [5.74, 6) is 0.772. The van der Waals surface area contributed by atoms with Gasteiger partial charge >= 0.3 is 0 Å². The van der Waals surface area contributed by atoms with Crippen molar-refractivity contribution in [2.24, 2.45) is 0 Å². The molecular weight excluding hydrogens is 316 g/mol. The lowest BCUT2D eigenvalue weighted by Crippen LogP contribution is -2.48. The lowest BCUT2D eigenvalue weighted by molar-refractivity contribution is 0.0637. The molecule has 0 bridgehead atoms. The van der Waals surface area contributed by atoms with Gasteiger partial charge in [0.05, 0.1) is 7.11 Å². The first kappa shape index (κ1) is 17.2. The molecule has 0 radical (unpaired) electrons. The summed E-state index contributed by atoms with van der Waals surface area (Å²) in [6.45, 7) is 6.52. The summed E-state index contributed by atoms with van der Waals surface area (Å²) < 4.78 is 5.23. The maximum atomic E-state index is 12.7. The number of likely N-dealkylation sites (N-methyl/N-ethyl adjacent to an activating group) is 1. The van der Waals surface area contributed by atoms with Crippen molar-refractivity contribution in [3.63, 3.8) is 0 Å². The fourth-order valence-corrected chi connectivity index (χ4v) is 2.92. The van der Waals surface area contributed by atoms with Gasteiger partial charge < -0.3 is 19.9 Å². The Morgan fingerprint density at radius 1 is 1.16 bits per heavy atom. The van der Waals surface area contributed by atoms with Gasteiger partial charge in [0.1, 0.15) is 11.4 Å². The average molecular weight is 340 g/mol. The highest BCUT2D eigenvalue weighted by molar-refractivity contribution is 5.93. The van der Waals surface area contributed by atoms with Crippen LogP contribution in [0, 0.1) is 0 Å². The number of methoxy groups -OCH3 is 1. The summed E-state index contributed by atoms with van der Waals surface area (Å²) in [4.78, 5) is 21.2. The maximum Gasteiger partial charge on any atom is 0.272 e. The zero-order valence-electron chi connectivity index (χ0n) is 14.7. The van der Waals surface area contributed by atoms with E-state index in [1.807, 2.05) is 35.2 Å². The van der Waals surface area contributed by atoms with E-state index in [0.29, 0.717) is 5.69 Å². The molecule has 1 N–H and O–H groups in total. The fraction of sp³-hybridized carbons (Fsp3) is 0.368. The highest BCUT2D eigenvalue weighted by Crippen LogP contribution is 2.21. The molecule has 3 rings (SSSR count). The molecule has 25 heavy (non-hydrogen) atoms. The Hall–Kier alpha value is -2.60. The minimum absolute atomic E-state index is 0.00922. The van der Waals surface area contributed by atoms with Gasteiger partial charge in [-0.1, -0.05) is 13.0 Å². The molecule has 0 aliphatic carbocycles. The van der Waals surface area contributed by atoms with Crippen molar-refractivity contribution in [2.45, 2.75) is 6.92 Å². The topological polar surface area (TPSA) is 57.7 Å². The van der Waals surface area contributed by atoms with Gasteiger partial charge in [-0.15, -0.1) is 0 Å². The number of nitrogens with one attached hydrogen (secondary N) is 1. The van der Waals surface area contributed by atoms with Crippen molar-refractivity contribution in [1.29, 1.82) is 0 Å². The Morgan fingerprint density at radius 3 is 2.64 bits per heavy atom. The normalized spacial score (nSPS) is 15.0. The zero-order valence-corrected chi connectivity index (χ0v) is 14.7. The van der Waals surface area contributed by atoms with Crippen molar-refractivity contribution in [3.8, 4) is 5.75 Å². The summed E-state index contributed by atoms with van der Waals surface area (Å²) in [6.07, 6.45) is 1.66. The van der Waals surface area contributed by atoms with Gasteiger partial charge in [-0.3, -0.25) is 9.78 Å². The molecule has 2 aromatic rings. The van der Waals surface area contributed by atoms with Crippen molar-refractivity contribution in [3.05, 3.63) is 48.3 Å². The van der Waals surface area contributed by atoms with Gasteiger partial charge in [-0.05, 0) is 30.8 Å². The third kappa shape index (κ3) is 4.28. The van der Waals surface area contributed by atoms with E-state index in [2.05, 4.69) is 22.1 Å². The minimum atomic E-state index is -0.00922. The fourth-order valence-electron chi connectivity index (χ4n) is 2.92. The molecule has 1 aromatic heterocycles. The van der Waals surface area contributed by atoms with Crippen LogP contribution < -0.4 is 10.1 Å². The molecular formula is C19H24N4O2. The first-order valence-corrected chi connectivity index (χ1v) is 8.58. The lowest BCUT2D eigenvalue weighted by Gasteiger charge is -2.33. The quantitative estimate of drug-likeness (QED) is 0.907. The number of amides is 1. The Bertz CT molecular complexity index is 727. The van der Waals surface area contributed by atoms with Gasteiger partial charge in [-0.25, -0.2) is 0 Å². The average Bonchev–Trinajstić information content (AvgIpc) is 2.68. The van der Waals surface area contributed by atoms with Crippen molar-refractivity contribution in [1.82, 2.24) is 14.8 Å².